The maximum atomic E-state index is 12.1. The summed E-state index contributed by atoms with van der Waals surface area (Å²) in [7, 11) is 0. The highest BCUT2D eigenvalue weighted by atomic mass is 32.2. The van der Waals surface area contributed by atoms with Crippen LogP contribution in [0.1, 0.15) is 19.8 Å². The highest BCUT2D eigenvalue weighted by molar-refractivity contribution is 8.00. The van der Waals surface area contributed by atoms with E-state index in [0.717, 1.165) is 18.0 Å². The maximum absolute atomic E-state index is 12.1. The number of carbonyl (C=O) groups is 2. The van der Waals surface area contributed by atoms with E-state index in [2.05, 4.69) is 10.2 Å². The second-order valence-corrected chi connectivity index (χ2v) is 7.88. The van der Waals surface area contributed by atoms with E-state index in [1.807, 2.05) is 54.6 Å². The van der Waals surface area contributed by atoms with Gasteiger partial charge in [-0.15, -0.1) is 11.8 Å². The molecule has 1 aliphatic heterocycles. The summed E-state index contributed by atoms with van der Waals surface area (Å²) in [5.41, 5.74) is 1.87. The second kappa shape index (κ2) is 9.46. The summed E-state index contributed by atoms with van der Waals surface area (Å²) < 4.78 is 5.13. The molecule has 27 heavy (non-hydrogen) atoms. The van der Waals surface area contributed by atoms with Crippen molar-refractivity contribution in [3.8, 4) is 0 Å². The first-order valence-corrected chi connectivity index (χ1v) is 10.0. The van der Waals surface area contributed by atoms with Crippen LogP contribution >= 0.6 is 11.8 Å². The molecular formula is C21H24N2O3S. The van der Waals surface area contributed by atoms with Crippen LogP contribution in [0.4, 0.5) is 11.4 Å². The van der Waals surface area contributed by atoms with Crippen molar-refractivity contribution in [1.82, 2.24) is 0 Å². The van der Waals surface area contributed by atoms with Gasteiger partial charge in [0.05, 0.1) is 0 Å². The Hall–Kier alpha value is -2.47. The monoisotopic (exact) mass is 384 g/mol. The van der Waals surface area contributed by atoms with Crippen LogP contribution in [0.2, 0.25) is 0 Å². The van der Waals surface area contributed by atoms with Crippen molar-refractivity contribution < 1.29 is 14.3 Å². The average molecular weight is 385 g/mol. The van der Waals surface area contributed by atoms with Gasteiger partial charge >= 0.3 is 5.97 Å². The van der Waals surface area contributed by atoms with Gasteiger partial charge in [0.1, 0.15) is 5.25 Å². The Bertz CT molecular complexity index is 759. The van der Waals surface area contributed by atoms with Crippen LogP contribution in [-0.4, -0.2) is 36.8 Å². The summed E-state index contributed by atoms with van der Waals surface area (Å²) in [6.45, 7) is 3.66. The summed E-state index contributed by atoms with van der Waals surface area (Å²) in [4.78, 5) is 27.4. The summed E-state index contributed by atoms with van der Waals surface area (Å²) >= 11 is 1.41. The predicted molar refractivity (Wildman–Crippen MR) is 109 cm³/mol. The standard InChI is InChI=1S/C21H24N2O3S/c1-16(27-19-7-3-2-4-8-19)21(25)26-15-20(24)22-17-9-11-18(12-10-17)23-13-5-6-14-23/h2-4,7-12,16H,5-6,13-15H2,1H3,(H,22,24)/t16-/m1/s1. The maximum Gasteiger partial charge on any atom is 0.319 e. The van der Waals surface area contributed by atoms with Crippen molar-refractivity contribution in [2.75, 3.05) is 29.9 Å². The van der Waals surface area contributed by atoms with Crippen molar-refractivity contribution in [1.29, 1.82) is 0 Å². The van der Waals surface area contributed by atoms with Gasteiger partial charge in [-0.25, -0.2) is 0 Å². The molecule has 0 spiro atoms. The van der Waals surface area contributed by atoms with Crippen LogP contribution in [0.5, 0.6) is 0 Å². The smallest absolute Gasteiger partial charge is 0.319 e. The lowest BCUT2D eigenvalue weighted by atomic mass is 10.2. The van der Waals surface area contributed by atoms with Gasteiger partial charge in [-0.2, -0.15) is 0 Å². The zero-order chi connectivity index (χ0) is 19.1. The van der Waals surface area contributed by atoms with E-state index in [4.69, 9.17) is 4.74 Å². The molecule has 0 bridgehead atoms. The largest absolute Gasteiger partial charge is 0.455 e. The number of ether oxygens (including phenoxy) is 1. The van der Waals surface area contributed by atoms with Crippen molar-refractivity contribution in [2.45, 2.75) is 29.9 Å². The van der Waals surface area contributed by atoms with Crippen LogP contribution in [0.25, 0.3) is 0 Å². The minimum atomic E-state index is -0.400. The Morgan fingerprint density at radius 3 is 2.41 bits per heavy atom. The van der Waals surface area contributed by atoms with E-state index in [1.54, 1.807) is 6.92 Å². The number of thioether (sulfide) groups is 1. The minimum Gasteiger partial charge on any atom is -0.455 e. The molecule has 1 aliphatic rings. The molecule has 0 aliphatic carbocycles. The van der Waals surface area contributed by atoms with E-state index >= 15 is 0 Å². The average Bonchev–Trinajstić information content (AvgIpc) is 3.22. The first-order valence-electron chi connectivity index (χ1n) is 9.15. The molecule has 1 heterocycles. The molecular weight excluding hydrogens is 360 g/mol. The van der Waals surface area contributed by atoms with Gasteiger partial charge in [0.2, 0.25) is 0 Å². The Balaban J connectivity index is 1.42. The fourth-order valence-electron chi connectivity index (χ4n) is 2.93. The molecule has 0 unspecified atom stereocenters. The van der Waals surface area contributed by atoms with Crippen LogP contribution < -0.4 is 10.2 Å². The number of carbonyl (C=O) groups excluding carboxylic acids is 2. The predicted octanol–water partition coefficient (Wildman–Crippen LogP) is 3.95. The normalized spacial score (nSPS) is 14.6. The quantitative estimate of drug-likeness (QED) is 0.579. The lowest BCUT2D eigenvalue weighted by Gasteiger charge is -2.17. The molecule has 2 aromatic carbocycles. The van der Waals surface area contributed by atoms with Gasteiger partial charge in [-0.1, -0.05) is 18.2 Å². The topological polar surface area (TPSA) is 58.6 Å². The third kappa shape index (κ3) is 5.76. The Morgan fingerprint density at radius 2 is 1.74 bits per heavy atom. The number of benzene rings is 2. The second-order valence-electron chi connectivity index (χ2n) is 6.47. The summed E-state index contributed by atoms with van der Waals surface area (Å²) in [5.74, 6) is -0.738. The third-order valence-electron chi connectivity index (χ3n) is 4.36. The van der Waals surface area contributed by atoms with Gasteiger partial charge in [-0.3, -0.25) is 9.59 Å². The first kappa shape index (κ1) is 19.3. The molecule has 6 heteroatoms. The number of hydrogen-bond donors (Lipinski definition) is 1. The fourth-order valence-corrected chi connectivity index (χ4v) is 3.82. The number of nitrogens with zero attached hydrogens (tertiary/aromatic N) is 1. The van der Waals surface area contributed by atoms with Crippen LogP contribution in [0, 0.1) is 0 Å². The molecule has 1 N–H and O–H groups in total. The lowest BCUT2D eigenvalue weighted by Crippen LogP contribution is -2.24. The number of rotatable bonds is 7. The van der Waals surface area contributed by atoms with Crippen LogP contribution in [0.15, 0.2) is 59.5 Å². The summed E-state index contributed by atoms with van der Waals surface area (Å²) in [6.07, 6.45) is 2.45. The molecule has 142 valence electrons. The van der Waals surface area contributed by atoms with Gasteiger partial charge in [-0.05, 0) is 56.2 Å². The van der Waals surface area contributed by atoms with Gasteiger partial charge in [0.15, 0.2) is 6.61 Å². The van der Waals surface area contributed by atoms with Crippen molar-refractivity contribution in [3.05, 3.63) is 54.6 Å². The molecule has 2 aromatic rings. The highest BCUT2D eigenvalue weighted by Gasteiger charge is 2.17. The Kier molecular flexibility index (Phi) is 6.76. The number of esters is 1. The Labute approximate surface area is 164 Å². The van der Waals surface area contributed by atoms with Crippen LogP contribution in [-0.2, 0) is 14.3 Å². The zero-order valence-electron chi connectivity index (χ0n) is 15.4. The zero-order valence-corrected chi connectivity index (χ0v) is 16.2. The van der Waals surface area contributed by atoms with E-state index in [1.165, 1.54) is 30.3 Å². The summed E-state index contributed by atoms with van der Waals surface area (Å²) in [6, 6.07) is 17.4. The van der Waals surface area contributed by atoms with Crippen molar-refractivity contribution in [3.63, 3.8) is 0 Å². The molecule has 0 saturated carbocycles. The molecule has 0 aromatic heterocycles. The molecule has 0 radical (unpaired) electrons. The highest BCUT2D eigenvalue weighted by Crippen LogP contribution is 2.24. The number of amides is 1. The number of anilines is 2. The fraction of sp³-hybridized carbons (Fsp3) is 0.333. The SMILES string of the molecule is C[C@@H](Sc1ccccc1)C(=O)OCC(=O)Nc1ccc(N2CCCC2)cc1. The molecule has 5 nitrogen and oxygen atoms in total. The van der Waals surface area contributed by atoms with Crippen LogP contribution in [0.3, 0.4) is 0 Å². The minimum absolute atomic E-state index is 0.285. The van der Waals surface area contributed by atoms with Crippen molar-refractivity contribution >= 4 is 35.0 Å². The molecule has 1 atom stereocenters. The molecule has 1 saturated heterocycles. The number of hydrogen-bond acceptors (Lipinski definition) is 5. The Morgan fingerprint density at radius 1 is 1.07 bits per heavy atom. The van der Waals surface area contributed by atoms with E-state index in [9.17, 15) is 9.59 Å². The van der Waals surface area contributed by atoms with E-state index in [-0.39, 0.29) is 17.8 Å². The van der Waals surface area contributed by atoms with Gasteiger partial charge in [0.25, 0.3) is 5.91 Å². The molecule has 3 rings (SSSR count). The summed E-state index contributed by atoms with van der Waals surface area (Å²) in [5, 5.41) is 2.39. The van der Waals surface area contributed by atoms with E-state index < -0.39 is 5.97 Å². The molecule has 1 fully saturated rings. The first-order chi connectivity index (χ1) is 13.1. The lowest BCUT2D eigenvalue weighted by molar-refractivity contribution is -0.146. The number of nitrogens with one attached hydrogen (secondary N) is 1. The van der Waals surface area contributed by atoms with Gasteiger partial charge in [0, 0.05) is 29.4 Å². The van der Waals surface area contributed by atoms with E-state index in [0.29, 0.717) is 5.69 Å². The third-order valence-corrected chi connectivity index (χ3v) is 5.45. The van der Waals surface area contributed by atoms with Gasteiger partial charge < -0.3 is 15.0 Å². The van der Waals surface area contributed by atoms with Crippen molar-refractivity contribution in [2.24, 2.45) is 0 Å². The molecule has 1 amide bonds.